The van der Waals surface area contributed by atoms with E-state index >= 15 is 4.39 Å². The molecule has 2 aromatic carbocycles. The third-order valence-corrected chi connectivity index (χ3v) is 5.03. The summed E-state index contributed by atoms with van der Waals surface area (Å²) < 4.78 is 47.0. The van der Waals surface area contributed by atoms with Crippen molar-refractivity contribution in [2.45, 2.75) is 26.7 Å². The van der Waals surface area contributed by atoms with Gasteiger partial charge in [0, 0.05) is 18.2 Å². The Morgan fingerprint density at radius 3 is 2.65 bits per heavy atom. The second-order valence-electron chi connectivity index (χ2n) is 6.67. The van der Waals surface area contributed by atoms with Gasteiger partial charge in [0.2, 0.25) is 0 Å². The average Bonchev–Trinajstić information content (AvgIpc) is 2.72. The number of benzene rings is 2. The van der Waals surface area contributed by atoms with E-state index in [1.807, 2.05) is 0 Å². The highest BCUT2D eigenvalue weighted by Crippen LogP contribution is 2.36. The SMILES string of the molecule is Cc1ncc(C(=O)Cc2ccc(Br)c(Oc3cc(C#N)cc(C(F)F)c3)c2F)c(C)n1. The Hall–Kier alpha value is -3.25. The second-order valence-corrected chi connectivity index (χ2v) is 7.53. The van der Waals surface area contributed by atoms with Gasteiger partial charge in [0.25, 0.3) is 6.43 Å². The van der Waals surface area contributed by atoms with E-state index in [1.165, 1.54) is 24.4 Å². The molecule has 9 heteroatoms. The summed E-state index contributed by atoms with van der Waals surface area (Å²) in [5.74, 6) is -1.09. The van der Waals surface area contributed by atoms with Crippen LogP contribution in [0.15, 0.2) is 41.0 Å². The molecule has 31 heavy (non-hydrogen) atoms. The summed E-state index contributed by atoms with van der Waals surface area (Å²) in [7, 11) is 0. The summed E-state index contributed by atoms with van der Waals surface area (Å²) >= 11 is 3.17. The van der Waals surface area contributed by atoms with E-state index in [0.29, 0.717) is 11.5 Å². The fraction of sp³-hybridized carbons (Fsp3) is 0.182. The Labute approximate surface area is 184 Å². The van der Waals surface area contributed by atoms with Crippen molar-refractivity contribution >= 4 is 21.7 Å². The number of ether oxygens (including phenoxy) is 1. The number of halogens is 4. The van der Waals surface area contributed by atoms with Gasteiger partial charge in [-0.1, -0.05) is 6.07 Å². The molecule has 0 aliphatic rings. The van der Waals surface area contributed by atoms with Gasteiger partial charge in [0.05, 0.1) is 27.4 Å². The normalized spacial score (nSPS) is 10.8. The largest absolute Gasteiger partial charge is 0.453 e. The zero-order valence-electron chi connectivity index (χ0n) is 16.4. The van der Waals surface area contributed by atoms with Crippen LogP contribution in [0, 0.1) is 31.0 Å². The minimum Gasteiger partial charge on any atom is -0.453 e. The van der Waals surface area contributed by atoms with Gasteiger partial charge < -0.3 is 4.74 Å². The quantitative estimate of drug-likeness (QED) is 0.395. The van der Waals surface area contributed by atoms with Crippen LogP contribution in [0.1, 0.15) is 45.0 Å². The van der Waals surface area contributed by atoms with Gasteiger partial charge in [-0.2, -0.15) is 5.26 Å². The summed E-state index contributed by atoms with van der Waals surface area (Å²) in [6.07, 6.45) is -1.70. The molecule has 0 saturated carbocycles. The lowest BCUT2D eigenvalue weighted by Crippen LogP contribution is -2.10. The molecule has 0 atom stereocenters. The fourth-order valence-electron chi connectivity index (χ4n) is 2.92. The van der Waals surface area contributed by atoms with E-state index in [0.717, 1.165) is 12.1 Å². The minimum absolute atomic E-state index is 0.0497. The molecule has 0 bridgehead atoms. The number of hydrogen-bond donors (Lipinski definition) is 0. The van der Waals surface area contributed by atoms with Gasteiger partial charge in [-0.15, -0.1) is 0 Å². The number of alkyl halides is 2. The van der Waals surface area contributed by atoms with Crippen LogP contribution in [0.2, 0.25) is 0 Å². The monoisotopic (exact) mass is 489 g/mol. The predicted octanol–water partition coefficient (Wildman–Crippen LogP) is 6.02. The van der Waals surface area contributed by atoms with Crippen LogP contribution >= 0.6 is 15.9 Å². The van der Waals surface area contributed by atoms with Crippen LogP contribution in [-0.4, -0.2) is 15.8 Å². The maximum absolute atomic E-state index is 15.1. The fourth-order valence-corrected chi connectivity index (χ4v) is 3.31. The molecule has 0 spiro atoms. The van der Waals surface area contributed by atoms with Gasteiger partial charge in [-0.3, -0.25) is 4.79 Å². The van der Waals surface area contributed by atoms with Crippen molar-refractivity contribution in [3.05, 3.63) is 80.6 Å². The Bertz CT molecular complexity index is 1210. The van der Waals surface area contributed by atoms with Crippen LogP contribution in [-0.2, 0) is 6.42 Å². The summed E-state index contributed by atoms with van der Waals surface area (Å²) in [5, 5.41) is 9.05. The minimum atomic E-state index is -2.83. The molecule has 1 aromatic heterocycles. The highest BCUT2D eigenvalue weighted by atomic mass is 79.9. The van der Waals surface area contributed by atoms with Crippen LogP contribution in [0.25, 0.3) is 0 Å². The van der Waals surface area contributed by atoms with Crippen LogP contribution in [0.5, 0.6) is 11.5 Å². The van der Waals surface area contributed by atoms with Crippen molar-refractivity contribution in [2.24, 2.45) is 0 Å². The number of aromatic nitrogens is 2. The number of Topliss-reactive ketones (excluding diaryl/α,β-unsaturated/α-hetero) is 1. The van der Waals surface area contributed by atoms with Gasteiger partial charge in [0.1, 0.15) is 11.6 Å². The summed E-state index contributed by atoms with van der Waals surface area (Å²) in [5.41, 5.74) is 0.337. The Balaban J connectivity index is 1.94. The molecule has 5 nitrogen and oxygen atoms in total. The Kier molecular flexibility index (Phi) is 6.71. The van der Waals surface area contributed by atoms with Crippen molar-refractivity contribution in [1.82, 2.24) is 9.97 Å². The third kappa shape index (κ3) is 5.09. The Morgan fingerprint density at radius 2 is 2.00 bits per heavy atom. The molecule has 3 rings (SSSR count). The number of aryl methyl sites for hydroxylation is 2. The van der Waals surface area contributed by atoms with Crippen molar-refractivity contribution in [3.63, 3.8) is 0 Å². The zero-order valence-corrected chi connectivity index (χ0v) is 18.0. The molecule has 0 radical (unpaired) electrons. The molecule has 0 aliphatic carbocycles. The predicted molar refractivity (Wildman–Crippen MR) is 110 cm³/mol. The molecular weight excluding hydrogens is 475 g/mol. The highest BCUT2D eigenvalue weighted by molar-refractivity contribution is 9.10. The third-order valence-electron chi connectivity index (χ3n) is 4.41. The van der Waals surface area contributed by atoms with E-state index in [2.05, 4.69) is 25.9 Å². The average molecular weight is 490 g/mol. The topological polar surface area (TPSA) is 75.9 Å². The van der Waals surface area contributed by atoms with Crippen molar-refractivity contribution in [1.29, 1.82) is 5.26 Å². The first-order valence-corrected chi connectivity index (χ1v) is 9.80. The molecular formula is C22H15BrF3N3O2. The van der Waals surface area contributed by atoms with Gasteiger partial charge in [0.15, 0.2) is 17.3 Å². The maximum Gasteiger partial charge on any atom is 0.264 e. The summed E-state index contributed by atoms with van der Waals surface area (Å²) in [6, 6.07) is 7.96. The number of carbonyl (C=O) groups is 1. The standard InChI is InChI=1S/C22H15BrF3N3O2/c1-11-17(10-28-12(2)29-11)19(30)8-14-3-4-18(23)21(20(14)24)31-16-6-13(9-27)5-15(7-16)22(25)26/h3-7,10,22H,8H2,1-2H3. The van der Waals surface area contributed by atoms with E-state index < -0.39 is 17.8 Å². The molecule has 0 N–H and O–H groups in total. The second kappa shape index (κ2) is 9.27. The molecule has 0 unspecified atom stereocenters. The molecule has 1 heterocycles. The van der Waals surface area contributed by atoms with Gasteiger partial charge in [-0.25, -0.2) is 23.1 Å². The first-order chi connectivity index (χ1) is 14.7. The number of hydrogen-bond acceptors (Lipinski definition) is 5. The number of nitrogens with zero attached hydrogens (tertiary/aromatic N) is 3. The highest BCUT2D eigenvalue weighted by Gasteiger charge is 2.20. The van der Waals surface area contributed by atoms with Gasteiger partial charge >= 0.3 is 0 Å². The number of ketones is 1. The zero-order chi connectivity index (χ0) is 22.7. The maximum atomic E-state index is 15.1. The molecule has 0 amide bonds. The number of nitriles is 1. The van der Waals surface area contributed by atoms with Crippen LogP contribution in [0.3, 0.4) is 0 Å². The van der Waals surface area contributed by atoms with Crippen LogP contribution < -0.4 is 4.74 Å². The van der Waals surface area contributed by atoms with Crippen molar-refractivity contribution in [2.75, 3.05) is 0 Å². The first kappa shape index (κ1) is 22.4. The van der Waals surface area contributed by atoms with E-state index in [1.54, 1.807) is 19.9 Å². The molecule has 158 valence electrons. The van der Waals surface area contributed by atoms with E-state index in [9.17, 15) is 13.6 Å². The molecule has 0 saturated heterocycles. The lowest BCUT2D eigenvalue weighted by atomic mass is 10.0. The smallest absolute Gasteiger partial charge is 0.264 e. The van der Waals surface area contributed by atoms with E-state index in [4.69, 9.17) is 10.00 Å². The first-order valence-electron chi connectivity index (χ1n) is 9.01. The van der Waals surface area contributed by atoms with Crippen LogP contribution in [0.4, 0.5) is 13.2 Å². The van der Waals surface area contributed by atoms with Gasteiger partial charge in [-0.05, 0) is 59.6 Å². The number of carbonyl (C=O) groups excluding carboxylic acids is 1. The summed E-state index contributed by atoms with van der Waals surface area (Å²) in [6.45, 7) is 3.36. The number of rotatable bonds is 6. The molecule has 0 fully saturated rings. The Morgan fingerprint density at radius 1 is 1.26 bits per heavy atom. The lowest BCUT2D eigenvalue weighted by molar-refractivity contribution is 0.0990. The lowest BCUT2D eigenvalue weighted by Gasteiger charge is -2.13. The van der Waals surface area contributed by atoms with Crippen molar-refractivity contribution in [3.8, 4) is 17.6 Å². The van der Waals surface area contributed by atoms with E-state index in [-0.39, 0.29) is 44.9 Å². The molecule has 0 aliphatic heterocycles. The van der Waals surface area contributed by atoms with Crippen molar-refractivity contribution < 1.29 is 22.7 Å². The molecule has 3 aromatic rings. The summed E-state index contributed by atoms with van der Waals surface area (Å²) in [4.78, 5) is 20.8.